The summed E-state index contributed by atoms with van der Waals surface area (Å²) in [6.45, 7) is 3.23. The lowest BCUT2D eigenvalue weighted by Crippen LogP contribution is -2.48. The molecule has 23 heavy (non-hydrogen) atoms. The second-order valence-electron chi connectivity index (χ2n) is 5.62. The predicted octanol–water partition coefficient (Wildman–Crippen LogP) is 1.83. The van der Waals surface area contributed by atoms with Gasteiger partial charge in [0.05, 0.1) is 14.2 Å². The van der Waals surface area contributed by atoms with Crippen LogP contribution in [0.2, 0.25) is 0 Å². The Morgan fingerprint density at radius 2 is 1.65 bits per heavy atom. The number of carbonyl (C=O) groups excluding carboxylic acids is 2. The molecule has 1 saturated heterocycles. The molecule has 0 aliphatic carbocycles. The second kappa shape index (κ2) is 7.85. The van der Waals surface area contributed by atoms with Gasteiger partial charge in [0.1, 0.15) is 23.1 Å². The number of likely N-dealkylation sites (tertiary alicyclic amines) is 1. The maximum Gasteiger partial charge on any atom is 0.259 e. The summed E-state index contributed by atoms with van der Waals surface area (Å²) in [5.74, 6) is 0.406. The van der Waals surface area contributed by atoms with Crippen LogP contribution >= 0.6 is 0 Å². The number of nitrogens with one attached hydrogen (secondary N) is 1. The van der Waals surface area contributed by atoms with E-state index in [9.17, 15) is 9.59 Å². The van der Waals surface area contributed by atoms with Crippen LogP contribution < -0.4 is 14.8 Å². The van der Waals surface area contributed by atoms with E-state index < -0.39 is 6.04 Å². The van der Waals surface area contributed by atoms with E-state index in [2.05, 4.69) is 5.32 Å². The van der Waals surface area contributed by atoms with Crippen molar-refractivity contribution in [2.75, 3.05) is 27.3 Å². The van der Waals surface area contributed by atoms with Crippen LogP contribution in [0.4, 0.5) is 0 Å². The normalized spacial score (nSPS) is 15.7. The molecule has 0 unspecified atom stereocenters. The van der Waals surface area contributed by atoms with E-state index in [4.69, 9.17) is 9.47 Å². The third-order valence-electron chi connectivity index (χ3n) is 4.04. The molecular formula is C17H24N2O4. The van der Waals surface area contributed by atoms with Gasteiger partial charge in [0.2, 0.25) is 5.91 Å². The summed E-state index contributed by atoms with van der Waals surface area (Å²) in [5, 5.41) is 2.75. The number of hydrogen-bond acceptors (Lipinski definition) is 4. The third-order valence-corrected chi connectivity index (χ3v) is 4.04. The van der Waals surface area contributed by atoms with Crippen molar-refractivity contribution in [2.24, 2.45) is 0 Å². The molecule has 6 heteroatoms. The molecule has 1 aliphatic heterocycles. The summed E-state index contributed by atoms with van der Waals surface area (Å²) < 4.78 is 10.5. The molecule has 1 aromatic carbocycles. The average Bonchev–Trinajstić information content (AvgIpc) is 2.60. The summed E-state index contributed by atoms with van der Waals surface area (Å²) in [6, 6.07) is 4.54. The van der Waals surface area contributed by atoms with E-state index in [1.54, 1.807) is 25.1 Å². The maximum atomic E-state index is 12.6. The van der Waals surface area contributed by atoms with Gasteiger partial charge in [-0.25, -0.2) is 0 Å². The van der Waals surface area contributed by atoms with Crippen LogP contribution in [0.5, 0.6) is 11.5 Å². The Bertz CT molecular complexity index is 545. The molecule has 0 radical (unpaired) electrons. The number of rotatable bonds is 5. The standard InChI is InChI=1S/C17H24N2O4/c1-12(17(21)19-10-5-4-6-11-19)18-16(20)15-13(22-2)8-7-9-14(15)23-3/h7-9,12H,4-6,10-11H2,1-3H3,(H,18,20)/t12-/m0/s1. The van der Waals surface area contributed by atoms with Crippen molar-refractivity contribution in [3.05, 3.63) is 23.8 Å². The van der Waals surface area contributed by atoms with Crippen molar-refractivity contribution in [3.63, 3.8) is 0 Å². The Balaban J connectivity index is 2.10. The van der Waals surface area contributed by atoms with E-state index in [1.165, 1.54) is 14.2 Å². The monoisotopic (exact) mass is 320 g/mol. The smallest absolute Gasteiger partial charge is 0.259 e. The molecule has 2 amide bonds. The molecule has 1 aliphatic rings. The first-order valence-corrected chi connectivity index (χ1v) is 7.89. The average molecular weight is 320 g/mol. The van der Waals surface area contributed by atoms with Gasteiger partial charge in [-0.1, -0.05) is 6.07 Å². The molecule has 1 fully saturated rings. The third kappa shape index (κ3) is 3.94. The van der Waals surface area contributed by atoms with Gasteiger partial charge >= 0.3 is 0 Å². The van der Waals surface area contributed by atoms with Crippen molar-refractivity contribution in [3.8, 4) is 11.5 Å². The van der Waals surface area contributed by atoms with E-state index in [0.29, 0.717) is 17.1 Å². The molecule has 1 N–H and O–H groups in total. The molecule has 0 bridgehead atoms. The molecule has 1 heterocycles. The summed E-state index contributed by atoms with van der Waals surface area (Å²) >= 11 is 0. The lowest BCUT2D eigenvalue weighted by atomic mass is 10.1. The van der Waals surface area contributed by atoms with Crippen molar-refractivity contribution < 1.29 is 19.1 Å². The van der Waals surface area contributed by atoms with Gasteiger partial charge in [-0.15, -0.1) is 0 Å². The summed E-state index contributed by atoms with van der Waals surface area (Å²) in [4.78, 5) is 26.8. The number of methoxy groups -OCH3 is 2. The highest BCUT2D eigenvalue weighted by Crippen LogP contribution is 2.28. The highest BCUT2D eigenvalue weighted by atomic mass is 16.5. The minimum Gasteiger partial charge on any atom is -0.496 e. The number of piperidine rings is 1. The fourth-order valence-corrected chi connectivity index (χ4v) is 2.79. The Kier molecular flexibility index (Phi) is 5.84. The van der Waals surface area contributed by atoms with Crippen LogP contribution in [0, 0.1) is 0 Å². The molecule has 0 saturated carbocycles. The number of hydrogen-bond donors (Lipinski definition) is 1. The van der Waals surface area contributed by atoms with Crippen molar-refractivity contribution in [1.29, 1.82) is 0 Å². The fraction of sp³-hybridized carbons (Fsp3) is 0.529. The molecule has 1 atom stereocenters. The maximum absolute atomic E-state index is 12.6. The fourth-order valence-electron chi connectivity index (χ4n) is 2.79. The first kappa shape index (κ1) is 17.1. The minimum atomic E-state index is -0.588. The van der Waals surface area contributed by atoms with E-state index in [-0.39, 0.29) is 11.8 Å². The molecule has 2 rings (SSSR count). The molecule has 1 aromatic rings. The summed E-state index contributed by atoms with van der Waals surface area (Å²) in [5.41, 5.74) is 0.302. The van der Waals surface area contributed by atoms with Crippen molar-refractivity contribution >= 4 is 11.8 Å². The molecular weight excluding hydrogens is 296 g/mol. The van der Waals surface area contributed by atoms with Crippen molar-refractivity contribution in [1.82, 2.24) is 10.2 Å². The molecule has 0 aromatic heterocycles. The molecule has 0 spiro atoms. The topological polar surface area (TPSA) is 67.9 Å². The van der Waals surface area contributed by atoms with Crippen LogP contribution in [-0.2, 0) is 4.79 Å². The zero-order valence-corrected chi connectivity index (χ0v) is 13.9. The first-order valence-electron chi connectivity index (χ1n) is 7.89. The lowest BCUT2D eigenvalue weighted by Gasteiger charge is -2.29. The van der Waals surface area contributed by atoms with Crippen molar-refractivity contribution in [2.45, 2.75) is 32.2 Å². The largest absolute Gasteiger partial charge is 0.496 e. The van der Waals surface area contributed by atoms with Gasteiger partial charge < -0.3 is 19.7 Å². The lowest BCUT2D eigenvalue weighted by molar-refractivity contribution is -0.133. The number of benzene rings is 1. The molecule has 6 nitrogen and oxygen atoms in total. The van der Waals surface area contributed by atoms with Crippen LogP contribution in [0.3, 0.4) is 0 Å². The first-order chi connectivity index (χ1) is 11.1. The van der Waals surface area contributed by atoms with Crippen LogP contribution in [0.1, 0.15) is 36.5 Å². The predicted molar refractivity (Wildman–Crippen MR) is 86.9 cm³/mol. The Morgan fingerprint density at radius 3 is 2.17 bits per heavy atom. The van der Waals surface area contributed by atoms with Gasteiger partial charge in [0.25, 0.3) is 5.91 Å². The number of carbonyl (C=O) groups is 2. The highest BCUT2D eigenvalue weighted by Gasteiger charge is 2.26. The van der Waals surface area contributed by atoms with Crippen LogP contribution in [-0.4, -0.2) is 50.1 Å². The van der Waals surface area contributed by atoms with Gasteiger partial charge in [-0.3, -0.25) is 9.59 Å². The zero-order chi connectivity index (χ0) is 16.8. The summed E-state index contributed by atoms with van der Waals surface area (Å²) in [6.07, 6.45) is 3.20. The van der Waals surface area contributed by atoms with Crippen LogP contribution in [0.25, 0.3) is 0 Å². The van der Waals surface area contributed by atoms with Gasteiger partial charge in [0.15, 0.2) is 0 Å². The van der Waals surface area contributed by atoms with Gasteiger partial charge in [0, 0.05) is 13.1 Å². The van der Waals surface area contributed by atoms with Gasteiger partial charge in [-0.2, -0.15) is 0 Å². The minimum absolute atomic E-state index is 0.0492. The SMILES string of the molecule is COc1cccc(OC)c1C(=O)N[C@@H](C)C(=O)N1CCCCC1. The van der Waals surface area contributed by atoms with Gasteiger partial charge in [-0.05, 0) is 38.3 Å². The Hall–Kier alpha value is -2.24. The second-order valence-corrected chi connectivity index (χ2v) is 5.62. The van der Waals surface area contributed by atoms with E-state index >= 15 is 0 Å². The van der Waals surface area contributed by atoms with E-state index in [0.717, 1.165) is 32.4 Å². The number of nitrogens with zero attached hydrogens (tertiary/aromatic N) is 1. The summed E-state index contributed by atoms with van der Waals surface area (Å²) in [7, 11) is 2.99. The van der Waals surface area contributed by atoms with Crippen LogP contribution in [0.15, 0.2) is 18.2 Å². The number of ether oxygens (including phenoxy) is 2. The Labute approximate surface area is 136 Å². The Morgan fingerprint density at radius 1 is 1.09 bits per heavy atom. The molecule has 126 valence electrons. The highest BCUT2D eigenvalue weighted by molar-refractivity contribution is 6.01. The quantitative estimate of drug-likeness (QED) is 0.899. The zero-order valence-electron chi connectivity index (χ0n) is 13.9. The number of amides is 2. The van der Waals surface area contributed by atoms with E-state index in [1.807, 2.05) is 4.90 Å².